The Morgan fingerprint density at radius 1 is 1.50 bits per heavy atom. The lowest BCUT2D eigenvalue weighted by molar-refractivity contribution is 0.202. The van der Waals surface area contributed by atoms with Crippen molar-refractivity contribution in [1.29, 1.82) is 0 Å². The molecule has 1 N–H and O–H groups in total. The first-order chi connectivity index (χ1) is 8.56. The summed E-state index contributed by atoms with van der Waals surface area (Å²) in [5, 5.41) is 11.4. The van der Waals surface area contributed by atoms with Gasteiger partial charge >= 0.3 is 0 Å². The van der Waals surface area contributed by atoms with E-state index in [0.717, 1.165) is 31.2 Å². The van der Waals surface area contributed by atoms with Gasteiger partial charge in [0, 0.05) is 9.92 Å². The summed E-state index contributed by atoms with van der Waals surface area (Å²) < 4.78 is 0. The number of aliphatic hydroxyl groups is 1. The van der Waals surface area contributed by atoms with Crippen molar-refractivity contribution in [2.24, 2.45) is 0 Å². The molecule has 1 aromatic carbocycles. The first-order valence-corrected chi connectivity index (χ1v) is 7.77. The quantitative estimate of drug-likeness (QED) is 0.847. The minimum absolute atomic E-state index is 0.438. The van der Waals surface area contributed by atoms with Crippen molar-refractivity contribution in [2.45, 2.75) is 30.6 Å². The van der Waals surface area contributed by atoms with Gasteiger partial charge in [0.15, 0.2) is 0 Å². The van der Waals surface area contributed by atoms with Crippen LogP contribution in [-0.2, 0) is 5.75 Å². The number of halogens is 1. The lowest BCUT2D eigenvalue weighted by Gasteiger charge is -2.00. The van der Waals surface area contributed by atoms with Gasteiger partial charge in [0.1, 0.15) is 5.01 Å². The molecule has 0 radical (unpaired) electrons. The van der Waals surface area contributed by atoms with E-state index in [4.69, 9.17) is 11.6 Å². The zero-order valence-electron chi connectivity index (χ0n) is 10.2. The summed E-state index contributed by atoms with van der Waals surface area (Å²) in [5.41, 5.74) is 0.927. The highest BCUT2D eigenvalue weighted by Gasteiger charge is 2.12. The maximum atomic E-state index is 9.59. The second-order valence-corrected chi connectivity index (χ2v) is 6.58. The molecule has 1 unspecified atom stereocenters. The Bertz CT molecular complexity index is 540. The summed E-state index contributed by atoms with van der Waals surface area (Å²) >= 11 is 9.22. The van der Waals surface area contributed by atoms with Crippen molar-refractivity contribution >= 4 is 34.7 Å². The lowest BCUT2D eigenvalue weighted by Crippen LogP contribution is -1.88. The third-order valence-electron chi connectivity index (χ3n) is 2.41. The van der Waals surface area contributed by atoms with E-state index in [0.29, 0.717) is 0 Å². The molecule has 1 atom stereocenters. The number of hydrogen-bond donors (Lipinski definition) is 1. The number of thiazole rings is 1. The Morgan fingerprint density at radius 2 is 2.28 bits per heavy atom. The first-order valence-electron chi connectivity index (χ1n) is 5.59. The molecule has 18 heavy (non-hydrogen) atoms. The van der Waals surface area contributed by atoms with Crippen LogP contribution in [0.25, 0.3) is 0 Å². The molecule has 0 amide bonds. The highest BCUT2D eigenvalue weighted by Crippen LogP contribution is 2.30. The second kappa shape index (κ2) is 6.06. The Balaban J connectivity index is 2.04. The summed E-state index contributed by atoms with van der Waals surface area (Å²) in [6, 6.07) is 7.79. The van der Waals surface area contributed by atoms with Gasteiger partial charge in [0.25, 0.3) is 0 Å². The minimum atomic E-state index is -0.438. The largest absolute Gasteiger partial charge is 0.388 e. The number of aromatic nitrogens is 1. The zero-order valence-corrected chi connectivity index (χ0v) is 12.6. The second-order valence-electron chi connectivity index (χ2n) is 3.98. The molecule has 1 aromatic heterocycles. The van der Waals surface area contributed by atoms with E-state index in [1.807, 2.05) is 31.2 Å². The number of aryl methyl sites for hydroxylation is 1. The van der Waals surface area contributed by atoms with Gasteiger partial charge in [-0.2, -0.15) is 0 Å². The van der Waals surface area contributed by atoms with E-state index in [2.05, 4.69) is 4.98 Å². The molecule has 0 bridgehead atoms. The van der Waals surface area contributed by atoms with Crippen LogP contribution >= 0.6 is 34.7 Å². The lowest BCUT2D eigenvalue weighted by atomic mass is 10.3. The van der Waals surface area contributed by atoms with Gasteiger partial charge < -0.3 is 5.11 Å². The maximum absolute atomic E-state index is 9.59. The van der Waals surface area contributed by atoms with E-state index in [1.54, 1.807) is 30.0 Å². The molecule has 0 aliphatic carbocycles. The molecule has 0 aliphatic heterocycles. The predicted molar refractivity (Wildman–Crippen MR) is 78.5 cm³/mol. The van der Waals surface area contributed by atoms with Crippen molar-refractivity contribution in [3.8, 4) is 0 Å². The fourth-order valence-corrected chi connectivity index (χ4v) is 3.82. The number of nitrogens with zero attached hydrogens (tertiary/aromatic N) is 1. The average Bonchev–Trinajstić information content (AvgIpc) is 2.68. The third kappa shape index (κ3) is 3.48. The Labute approximate surface area is 120 Å². The van der Waals surface area contributed by atoms with Crippen LogP contribution in [0.4, 0.5) is 0 Å². The molecule has 2 rings (SSSR count). The van der Waals surface area contributed by atoms with Gasteiger partial charge in [-0.05, 0) is 32.0 Å². The monoisotopic (exact) mass is 299 g/mol. The van der Waals surface area contributed by atoms with Crippen LogP contribution in [0.2, 0.25) is 5.02 Å². The van der Waals surface area contributed by atoms with Gasteiger partial charge in [-0.1, -0.05) is 17.7 Å². The number of thioether (sulfide) groups is 1. The van der Waals surface area contributed by atoms with Gasteiger partial charge in [-0.15, -0.1) is 23.1 Å². The van der Waals surface area contributed by atoms with Crippen molar-refractivity contribution < 1.29 is 5.11 Å². The van der Waals surface area contributed by atoms with Crippen LogP contribution in [0, 0.1) is 6.92 Å². The van der Waals surface area contributed by atoms with E-state index in [9.17, 15) is 5.11 Å². The van der Waals surface area contributed by atoms with Gasteiger partial charge in [0.05, 0.1) is 22.4 Å². The van der Waals surface area contributed by atoms with Crippen molar-refractivity contribution in [2.75, 3.05) is 0 Å². The normalized spacial score (nSPS) is 12.7. The number of rotatable bonds is 4. The number of benzene rings is 1. The van der Waals surface area contributed by atoms with Gasteiger partial charge in [-0.3, -0.25) is 0 Å². The molecular formula is C13H14ClNOS2. The first kappa shape index (κ1) is 13.9. The third-order valence-corrected chi connectivity index (χ3v) is 5.17. The van der Waals surface area contributed by atoms with E-state index >= 15 is 0 Å². The average molecular weight is 300 g/mol. The summed E-state index contributed by atoms with van der Waals surface area (Å²) in [4.78, 5) is 6.56. The van der Waals surface area contributed by atoms with E-state index in [1.165, 1.54) is 0 Å². The van der Waals surface area contributed by atoms with Crippen LogP contribution in [0.15, 0.2) is 29.2 Å². The Hall–Kier alpha value is -0.550. The van der Waals surface area contributed by atoms with Crippen LogP contribution in [0.1, 0.15) is 28.6 Å². The molecular weight excluding hydrogens is 286 g/mol. The van der Waals surface area contributed by atoms with E-state index < -0.39 is 6.10 Å². The molecule has 0 aliphatic rings. The maximum Gasteiger partial charge on any atom is 0.103 e. The number of aliphatic hydroxyl groups excluding tert-OH is 1. The summed E-state index contributed by atoms with van der Waals surface area (Å²) in [5.74, 6) is 0.804. The predicted octanol–water partition coefficient (Wildman–Crippen LogP) is 4.45. The molecule has 96 valence electrons. The molecule has 0 saturated heterocycles. The Morgan fingerprint density at radius 3 is 2.89 bits per heavy atom. The van der Waals surface area contributed by atoms with Crippen LogP contribution < -0.4 is 0 Å². The molecule has 5 heteroatoms. The van der Waals surface area contributed by atoms with Gasteiger partial charge in [-0.25, -0.2) is 4.98 Å². The summed E-state index contributed by atoms with van der Waals surface area (Å²) in [7, 11) is 0. The van der Waals surface area contributed by atoms with Gasteiger partial charge in [0.2, 0.25) is 0 Å². The highest BCUT2D eigenvalue weighted by molar-refractivity contribution is 7.98. The molecule has 0 spiro atoms. The Kier molecular flexibility index (Phi) is 4.67. The fraction of sp³-hybridized carbons (Fsp3) is 0.308. The molecule has 0 saturated carbocycles. The SMILES string of the molecule is Cc1nc(CSc2cccc(Cl)c2)sc1C(C)O. The van der Waals surface area contributed by atoms with E-state index in [-0.39, 0.29) is 0 Å². The van der Waals surface area contributed by atoms with Crippen molar-refractivity contribution in [1.82, 2.24) is 4.98 Å². The topological polar surface area (TPSA) is 33.1 Å². The zero-order chi connectivity index (χ0) is 13.1. The highest BCUT2D eigenvalue weighted by atomic mass is 35.5. The minimum Gasteiger partial charge on any atom is -0.388 e. The van der Waals surface area contributed by atoms with Crippen LogP contribution in [0.3, 0.4) is 0 Å². The number of hydrogen-bond acceptors (Lipinski definition) is 4. The van der Waals surface area contributed by atoms with Crippen molar-refractivity contribution in [3.63, 3.8) is 0 Å². The molecule has 1 heterocycles. The van der Waals surface area contributed by atoms with Crippen molar-refractivity contribution in [3.05, 3.63) is 44.9 Å². The molecule has 2 aromatic rings. The standard InChI is InChI=1S/C13H14ClNOS2/c1-8-13(9(2)16)18-12(15-8)7-17-11-5-3-4-10(14)6-11/h3-6,9,16H,7H2,1-2H3. The summed E-state index contributed by atoms with van der Waals surface area (Å²) in [6.45, 7) is 3.71. The summed E-state index contributed by atoms with van der Waals surface area (Å²) in [6.07, 6.45) is -0.438. The smallest absolute Gasteiger partial charge is 0.103 e. The molecule has 2 nitrogen and oxygen atoms in total. The fourth-order valence-electron chi connectivity index (χ4n) is 1.62. The molecule has 0 fully saturated rings. The van der Waals surface area contributed by atoms with Crippen LogP contribution in [-0.4, -0.2) is 10.1 Å². The van der Waals surface area contributed by atoms with Crippen LogP contribution in [0.5, 0.6) is 0 Å².